The molecule has 25 heavy (non-hydrogen) atoms. The van der Waals surface area contributed by atoms with Crippen molar-refractivity contribution in [1.29, 1.82) is 0 Å². The molecule has 2 rings (SSSR count). The molecule has 0 bridgehead atoms. The highest BCUT2D eigenvalue weighted by molar-refractivity contribution is 5.71. The summed E-state index contributed by atoms with van der Waals surface area (Å²) in [6, 6.07) is 14.9. The molecule has 2 aromatic rings. The van der Waals surface area contributed by atoms with Crippen LogP contribution in [0.25, 0.3) is 0 Å². The van der Waals surface area contributed by atoms with Crippen molar-refractivity contribution in [3.05, 3.63) is 59.7 Å². The van der Waals surface area contributed by atoms with Crippen molar-refractivity contribution in [2.24, 2.45) is 0 Å². The van der Waals surface area contributed by atoms with E-state index in [1.54, 1.807) is 12.1 Å². The number of carbonyl (C=O) groups excluding carboxylic acids is 1. The quantitative estimate of drug-likeness (QED) is 0.569. The molecule has 4 nitrogen and oxygen atoms in total. The number of esters is 1. The second kappa shape index (κ2) is 8.56. The highest BCUT2D eigenvalue weighted by Gasteiger charge is 2.23. The number of rotatable bonds is 8. The SMILES string of the molecule is CCCCOC(=O)COc1ccc(C(C)(C)c2ccc(O)cc2)cc1. The molecule has 2 aromatic carbocycles. The summed E-state index contributed by atoms with van der Waals surface area (Å²) in [6.45, 7) is 6.66. The second-order valence-corrected chi connectivity index (χ2v) is 6.56. The number of phenols is 1. The van der Waals surface area contributed by atoms with Crippen LogP contribution in [0.5, 0.6) is 11.5 Å². The van der Waals surface area contributed by atoms with Gasteiger partial charge in [-0.05, 0) is 41.8 Å². The van der Waals surface area contributed by atoms with E-state index in [-0.39, 0.29) is 23.7 Å². The average Bonchev–Trinajstić information content (AvgIpc) is 2.61. The number of hydrogen-bond acceptors (Lipinski definition) is 4. The monoisotopic (exact) mass is 342 g/mol. The van der Waals surface area contributed by atoms with Crippen LogP contribution in [0.2, 0.25) is 0 Å². The van der Waals surface area contributed by atoms with E-state index in [0.717, 1.165) is 24.0 Å². The van der Waals surface area contributed by atoms with Crippen molar-refractivity contribution >= 4 is 5.97 Å². The van der Waals surface area contributed by atoms with E-state index in [1.165, 1.54) is 0 Å². The summed E-state index contributed by atoms with van der Waals surface area (Å²) in [6.07, 6.45) is 1.86. The Hall–Kier alpha value is -2.49. The summed E-state index contributed by atoms with van der Waals surface area (Å²) >= 11 is 0. The molecule has 0 amide bonds. The van der Waals surface area contributed by atoms with Gasteiger partial charge in [-0.3, -0.25) is 0 Å². The molecular weight excluding hydrogens is 316 g/mol. The summed E-state index contributed by atoms with van der Waals surface area (Å²) in [5.74, 6) is 0.550. The minimum atomic E-state index is -0.345. The predicted octanol–water partition coefficient (Wildman–Crippen LogP) is 4.44. The van der Waals surface area contributed by atoms with Gasteiger partial charge in [-0.15, -0.1) is 0 Å². The summed E-state index contributed by atoms with van der Waals surface area (Å²) in [4.78, 5) is 11.6. The zero-order valence-electron chi connectivity index (χ0n) is 15.1. The predicted molar refractivity (Wildman–Crippen MR) is 98.0 cm³/mol. The largest absolute Gasteiger partial charge is 0.508 e. The van der Waals surface area contributed by atoms with Gasteiger partial charge in [0.05, 0.1) is 6.61 Å². The van der Waals surface area contributed by atoms with Crippen LogP contribution in [0, 0.1) is 0 Å². The molecule has 0 unspecified atom stereocenters. The van der Waals surface area contributed by atoms with E-state index in [1.807, 2.05) is 43.3 Å². The number of hydrogen-bond donors (Lipinski definition) is 1. The van der Waals surface area contributed by atoms with E-state index < -0.39 is 0 Å². The Morgan fingerprint density at radius 2 is 1.56 bits per heavy atom. The van der Waals surface area contributed by atoms with E-state index in [0.29, 0.717) is 12.4 Å². The molecule has 0 saturated heterocycles. The fraction of sp³-hybridized carbons (Fsp3) is 0.381. The van der Waals surface area contributed by atoms with Crippen molar-refractivity contribution < 1.29 is 19.4 Å². The van der Waals surface area contributed by atoms with Gasteiger partial charge in [0, 0.05) is 5.41 Å². The highest BCUT2D eigenvalue weighted by Crippen LogP contribution is 2.33. The summed E-state index contributed by atoms with van der Waals surface area (Å²) in [5.41, 5.74) is 2.03. The molecule has 4 heteroatoms. The summed E-state index contributed by atoms with van der Waals surface area (Å²) in [7, 11) is 0. The van der Waals surface area contributed by atoms with Crippen LogP contribution in [0.4, 0.5) is 0 Å². The van der Waals surface area contributed by atoms with Gasteiger partial charge in [0.15, 0.2) is 6.61 Å². The van der Waals surface area contributed by atoms with Gasteiger partial charge in [0.2, 0.25) is 0 Å². The Morgan fingerprint density at radius 1 is 1.00 bits per heavy atom. The first-order valence-electron chi connectivity index (χ1n) is 8.62. The Balaban J connectivity index is 1.97. The lowest BCUT2D eigenvalue weighted by atomic mass is 9.78. The lowest BCUT2D eigenvalue weighted by molar-refractivity contribution is -0.146. The Kier molecular flexibility index (Phi) is 6.45. The fourth-order valence-electron chi connectivity index (χ4n) is 2.53. The standard InChI is InChI=1S/C21H26O4/c1-4-5-14-24-20(23)15-25-19-12-8-17(9-13-19)21(2,3)16-6-10-18(22)11-7-16/h6-13,22H,4-5,14-15H2,1-3H3. The van der Waals surface area contributed by atoms with E-state index >= 15 is 0 Å². The number of ether oxygens (including phenoxy) is 2. The molecule has 0 radical (unpaired) electrons. The van der Waals surface area contributed by atoms with Crippen molar-refractivity contribution in [2.75, 3.05) is 13.2 Å². The highest BCUT2D eigenvalue weighted by atomic mass is 16.6. The molecule has 1 N–H and O–H groups in total. The van der Waals surface area contributed by atoms with Crippen molar-refractivity contribution in [3.63, 3.8) is 0 Å². The van der Waals surface area contributed by atoms with Crippen LogP contribution < -0.4 is 4.74 Å². The molecule has 0 heterocycles. The normalized spacial score (nSPS) is 11.2. The summed E-state index contributed by atoms with van der Waals surface area (Å²) < 4.78 is 10.5. The van der Waals surface area contributed by atoms with Crippen molar-refractivity contribution in [1.82, 2.24) is 0 Å². The second-order valence-electron chi connectivity index (χ2n) is 6.56. The first kappa shape index (κ1) is 18.8. The minimum absolute atomic E-state index is 0.0790. The number of aromatic hydroxyl groups is 1. The Bertz CT molecular complexity index is 672. The molecule has 134 valence electrons. The first-order chi connectivity index (χ1) is 11.9. The number of phenolic OH excluding ortho intramolecular Hbond substituents is 1. The molecule has 0 aliphatic rings. The maximum atomic E-state index is 11.6. The lowest BCUT2D eigenvalue weighted by Crippen LogP contribution is -2.19. The maximum absolute atomic E-state index is 11.6. The smallest absolute Gasteiger partial charge is 0.344 e. The van der Waals surface area contributed by atoms with Crippen LogP contribution >= 0.6 is 0 Å². The van der Waals surface area contributed by atoms with Gasteiger partial charge in [0.1, 0.15) is 11.5 Å². The van der Waals surface area contributed by atoms with E-state index in [2.05, 4.69) is 13.8 Å². The topological polar surface area (TPSA) is 55.8 Å². The van der Waals surface area contributed by atoms with Crippen LogP contribution in [0.1, 0.15) is 44.7 Å². The minimum Gasteiger partial charge on any atom is -0.508 e. The molecule has 0 fully saturated rings. The van der Waals surface area contributed by atoms with Crippen LogP contribution in [0.15, 0.2) is 48.5 Å². The van der Waals surface area contributed by atoms with Crippen molar-refractivity contribution in [3.8, 4) is 11.5 Å². The number of unbranched alkanes of at least 4 members (excludes halogenated alkanes) is 1. The molecule has 0 spiro atoms. The van der Waals surface area contributed by atoms with Gasteiger partial charge in [0.25, 0.3) is 0 Å². The summed E-state index contributed by atoms with van der Waals surface area (Å²) in [5, 5.41) is 9.45. The molecule has 0 aliphatic carbocycles. The zero-order chi connectivity index (χ0) is 18.3. The molecule has 0 aromatic heterocycles. The first-order valence-corrected chi connectivity index (χ1v) is 8.62. The van der Waals surface area contributed by atoms with Crippen LogP contribution in [-0.2, 0) is 14.9 Å². The third-order valence-electron chi connectivity index (χ3n) is 4.28. The molecule has 0 saturated carbocycles. The van der Waals surface area contributed by atoms with Gasteiger partial charge < -0.3 is 14.6 Å². The van der Waals surface area contributed by atoms with E-state index in [4.69, 9.17) is 9.47 Å². The van der Waals surface area contributed by atoms with Gasteiger partial charge in [-0.25, -0.2) is 4.79 Å². The van der Waals surface area contributed by atoms with Crippen molar-refractivity contribution in [2.45, 2.75) is 39.0 Å². The molecule has 0 atom stereocenters. The molecule has 0 aliphatic heterocycles. The maximum Gasteiger partial charge on any atom is 0.344 e. The number of carbonyl (C=O) groups is 1. The Labute approximate surface area is 149 Å². The lowest BCUT2D eigenvalue weighted by Gasteiger charge is -2.26. The van der Waals surface area contributed by atoms with Gasteiger partial charge in [-0.1, -0.05) is 51.5 Å². The average molecular weight is 342 g/mol. The van der Waals surface area contributed by atoms with Crippen LogP contribution in [0.3, 0.4) is 0 Å². The fourth-order valence-corrected chi connectivity index (χ4v) is 2.53. The zero-order valence-corrected chi connectivity index (χ0v) is 15.1. The van der Waals surface area contributed by atoms with Gasteiger partial charge >= 0.3 is 5.97 Å². The third-order valence-corrected chi connectivity index (χ3v) is 4.28. The van der Waals surface area contributed by atoms with Gasteiger partial charge in [-0.2, -0.15) is 0 Å². The van der Waals surface area contributed by atoms with E-state index in [9.17, 15) is 9.90 Å². The third kappa shape index (κ3) is 5.24. The van der Waals surface area contributed by atoms with Crippen LogP contribution in [-0.4, -0.2) is 24.3 Å². The molecular formula is C21H26O4. The number of benzene rings is 2. The Morgan fingerprint density at radius 3 is 2.12 bits per heavy atom.